The van der Waals surface area contributed by atoms with E-state index in [0.717, 1.165) is 0 Å². The van der Waals surface area contributed by atoms with Crippen molar-refractivity contribution >= 4 is 39.5 Å². The standard InChI is InChI=1S/C20H20BrFN2O5/c1-20(22)16(29-19(26)24-14-10-6-3-7-11-14)15(28-17(20)21)12-27-18(25)23-13-8-4-2-5-9-13/h2-11,15-17H,12H2,1H3,(H,23,25)(H,24,26)/t15-,16-,17+,20-/m1/s1. The van der Waals surface area contributed by atoms with Crippen molar-refractivity contribution in [3.8, 4) is 0 Å². The SMILES string of the molecule is C[C@@]1(F)[C@H](OC(=O)Nc2ccccc2)[C@@H](COC(=O)Nc2ccccc2)O[C@@H]1Br. The third-order valence-electron chi connectivity index (χ3n) is 4.29. The fourth-order valence-corrected chi connectivity index (χ4v) is 3.32. The van der Waals surface area contributed by atoms with E-state index in [4.69, 9.17) is 14.2 Å². The Kier molecular flexibility index (Phi) is 6.71. The van der Waals surface area contributed by atoms with E-state index in [1.807, 2.05) is 6.07 Å². The van der Waals surface area contributed by atoms with Crippen LogP contribution in [0.3, 0.4) is 0 Å². The molecule has 0 unspecified atom stereocenters. The van der Waals surface area contributed by atoms with Crippen molar-refractivity contribution in [3.63, 3.8) is 0 Å². The second kappa shape index (κ2) is 9.23. The Morgan fingerprint density at radius 2 is 1.55 bits per heavy atom. The Hall–Kier alpha value is -2.65. The summed E-state index contributed by atoms with van der Waals surface area (Å²) < 4.78 is 30.9. The largest absolute Gasteiger partial charge is 0.446 e. The Balaban J connectivity index is 1.59. The summed E-state index contributed by atoms with van der Waals surface area (Å²) in [7, 11) is 0. The van der Waals surface area contributed by atoms with Gasteiger partial charge in [-0.25, -0.2) is 14.0 Å². The highest BCUT2D eigenvalue weighted by atomic mass is 79.9. The minimum atomic E-state index is -2.03. The minimum absolute atomic E-state index is 0.302. The molecule has 3 rings (SSSR count). The monoisotopic (exact) mass is 466 g/mol. The number of benzene rings is 2. The summed E-state index contributed by atoms with van der Waals surface area (Å²) >= 11 is 3.09. The number of carbonyl (C=O) groups excluding carboxylic acids is 2. The quantitative estimate of drug-likeness (QED) is 0.623. The molecule has 1 fully saturated rings. The van der Waals surface area contributed by atoms with E-state index < -0.39 is 35.1 Å². The molecule has 9 heteroatoms. The van der Waals surface area contributed by atoms with Crippen LogP contribution in [0.2, 0.25) is 0 Å². The number of halogens is 2. The first-order chi connectivity index (χ1) is 13.9. The van der Waals surface area contributed by atoms with Crippen LogP contribution in [0.5, 0.6) is 0 Å². The summed E-state index contributed by atoms with van der Waals surface area (Å²) in [5.41, 5.74) is -0.978. The van der Waals surface area contributed by atoms with Gasteiger partial charge in [-0.1, -0.05) is 52.3 Å². The molecule has 0 radical (unpaired) electrons. The molecule has 0 bridgehead atoms. The first kappa shape index (κ1) is 21.1. The zero-order chi connectivity index (χ0) is 20.9. The highest BCUT2D eigenvalue weighted by molar-refractivity contribution is 9.09. The fraction of sp³-hybridized carbons (Fsp3) is 0.300. The maximum atomic E-state index is 15.1. The Labute approximate surface area is 175 Å². The number of hydrogen-bond donors (Lipinski definition) is 2. The molecule has 1 aliphatic rings. The number of hydrogen-bond acceptors (Lipinski definition) is 5. The van der Waals surface area contributed by atoms with Crippen LogP contribution in [0.4, 0.5) is 25.4 Å². The number of alkyl halides is 2. The van der Waals surface area contributed by atoms with Crippen LogP contribution in [-0.2, 0) is 14.2 Å². The molecule has 0 spiro atoms. The van der Waals surface area contributed by atoms with Gasteiger partial charge in [0.25, 0.3) is 0 Å². The van der Waals surface area contributed by atoms with Crippen LogP contribution in [-0.4, -0.2) is 41.7 Å². The van der Waals surface area contributed by atoms with Crippen LogP contribution in [0.25, 0.3) is 0 Å². The van der Waals surface area contributed by atoms with Crippen molar-refractivity contribution in [1.82, 2.24) is 0 Å². The first-order valence-corrected chi connectivity index (χ1v) is 9.78. The molecule has 2 N–H and O–H groups in total. The second-order valence-electron chi connectivity index (χ2n) is 6.55. The van der Waals surface area contributed by atoms with E-state index in [2.05, 4.69) is 26.6 Å². The summed E-state index contributed by atoms with van der Waals surface area (Å²) in [6.07, 6.45) is -3.85. The Bertz CT molecular complexity index is 837. The number of anilines is 2. The predicted molar refractivity (Wildman–Crippen MR) is 109 cm³/mol. The maximum absolute atomic E-state index is 15.1. The van der Waals surface area contributed by atoms with Gasteiger partial charge in [0, 0.05) is 11.4 Å². The summed E-state index contributed by atoms with van der Waals surface area (Å²) in [6.45, 7) is 0.945. The highest BCUT2D eigenvalue weighted by Crippen LogP contribution is 2.40. The first-order valence-electron chi connectivity index (χ1n) is 8.86. The number of rotatable bonds is 5. The smallest absolute Gasteiger partial charge is 0.412 e. The van der Waals surface area contributed by atoms with Crippen molar-refractivity contribution in [1.29, 1.82) is 0 Å². The molecule has 1 saturated heterocycles. The summed E-state index contributed by atoms with van der Waals surface area (Å²) in [4.78, 5) is 24.2. The van der Waals surface area contributed by atoms with E-state index in [1.165, 1.54) is 6.92 Å². The molecule has 7 nitrogen and oxygen atoms in total. The van der Waals surface area contributed by atoms with Crippen LogP contribution in [0.15, 0.2) is 60.7 Å². The Morgan fingerprint density at radius 3 is 2.10 bits per heavy atom. The van der Waals surface area contributed by atoms with Gasteiger partial charge in [-0.2, -0.15) is 0 Å². The molecule has 2 amide bonds. The van der Waals surface area contributed by atoms with Gasteiger partial charge < -0.3 is 14.2 Å². The molecule has 154 valence electrons. The molecule has 29 heavy (non-hydrogen) atoms. The molecular weight excluding hydrogens is 447 g/mol. The van der Waals surface area contributed by atoms with E-state index in [0.29, 0.717) is 11.4 Å². The lowest BCUT2D eigenvalue weighted by Gasteiger charge is -2.25. The van der Waals surface area contributed by atoms with Crippen LogP contribution in [0, 0.1) is 0 Å². The minimum Gasteiger partial charge on any atom is -0.446 e. The van der Waals surface area contributed by atoms with Gasteiger partial charge in [0.15, 0.2) is 16.8 Å². The van der Waals surface area contributed by atoms with Crippen molar-refractivity contribution in [2.75, 3.05) is 17.2 Å². The van der Waals surface area contributed by atoms with Crippen molar-refractivity contribution < 1.29 is 28.2 Å². The Morgan fingerprint density at radius 1 is 1.03 bits per heavy atom. The summed E-state index contributed by atoms with van der Waals surface area (Å²) in [5.74, 6) is 0. The van der Waals surface area contributed by atoms with Gasteiger partial charge in [0.2, 0.25) is 0 Å². The lowest BCUT2D eigenvalue weighted by Crippen LogP contribution is -2.45. The molecule has 1 aliphatic heterocycles. The van der Waals surface area contributed by atoms with Gasteiger partial charge in [-0.15, -0.1) is 0 Å². The normalized spacial score (nSPS) is 25.8. The molecule has 4 atom stereocenters. The zero-order valence-corrected chi connectivity index (χ0v) is 17.1. The summed E-state index contributed by atoms with van der Waals surface area (Å²) in [5, 5.41) is 4.03. The van der Waals surface area contributed by atoms with Gasteiger partial charge in [-0.3, -0.25) is 10.6 Å². The lowest BCUT2D eigenvalue weighted by molar-refractivity contribution is -0.0201. The van der Waals surface area contributed by atoms with Crippen molar-refractivity contribution in [3.05, 3.63) is 60.7 Å². The molecule has 0 saturated carbocycles. The average molecular weight is 467 g/mol. The highest BCUT2D eigenvalue weighted by Gasteiger charge is 2.56. The number of amides is 2. The molecule has 1 heterocycles. The van der Waals surface area contributed by atoms with E-state index in [9.17, 15) is 9.59 Å². The van der Waals surface area contributed by atoms with Gasteiger partial charge >= 0.3 is 12.2 Å². The molecule has 0 aromatic heterocycles. The predicted octanol–water partition coefficient (Wildman–Crippen LogP) is 4.70. The number of carbonyl (C=O) groups is 2. The van der Waals surface area contributed by atoms with E-state index in [1.54, 1.807) is 54.6 Å². The third kappa shape index (κ3) is 5.45. The lowest BCUT2D eigenvalue weighted by atomic mass is 10.0. The third-order valence-corrected chi connectivity index (χ3v) is 5.40. The van der Waals surface area contributed by atoms with Gasteiger partial charge in [0.1, 0.15) is 12.7 Å². The number of nitrogens with one attached hydrogen (secondary N) is 2. The van der Waals surface area contributed by atoms with E-state index in [-0.39, 0.29) is 6.61 Å². The van der Waals surface area contributed by atoms with Crippen LogP contribution >= 0.6 is 15.9 Å². The van der Waals surface area contributed by atoms with E-state index >= 15 is 4.39 Å². The van der Waals surface area contributed by atoms with Crippen molar-refractivity contribution in [2.45, 2.75) is 29.8 Å². The van der Waals surface area contributed by atoms with Gasteiger partial charge in [-0.05, 0) is 31.2 Å². The summed E-state index contributed by atoms with van der Waals surface area (Å²) in [6, 6.07) is 17.3. The average Bonchev–Trinajstić information content (AvgIpc) is 2.91. The molecular formula is C20H20BrFN2O5. The number of ether oxygens (including phenoxy) is 3. The topological polar surface area (TPSA) is 85.9 Å². The van der Waals surface area contributed by atoms with Crippen LogP contribution in [0.1, 0.15) is 6.92 Å². The number of para-hydroxylation sites is 2. The van der Waals surface area contributed by atoms with Crippen LogP contribution < -0.4 is 10.6 Å². The zero-order valence-electron chi connectivity index (χ0n) is 15.5. The van der Waals surface area contributed by atoms with Gasteiger partial charge in [0.05, 0.1) is 0 Å². The van der Waals surface area contributed by atoms with Crippen molar-refractivity contribution in [2.24, 2.45) is 0 Å². The maximum Gasteiger partial charge on any atom is 0.412 e. The fourth-order valence-electron chi connectivity index (χ4n) is 2.79. The second-order valence-corrected chi connectivity index (χ2v) is 7.38. The molecule has 0 aliphatic carbocycles. The molecule has 2 aromatic carbocycles. The molecule has 2 aromatic rings.